The molecule has 0 amide bonds. The highest BCUT2D eigenvalue weighted by molar-refractivity contribution is 6.32. The van der Waals surface area contributed by atoms with Crippen molar-refractivity contribution in [3.8, 4) is 17.3 Å². The molecule has 1 N–H and O–H groups in total. The predicted molar refractivity (Wildman–Crippen MR) is 124 cm³/mol. The van der Waals surface area contributed by atoms with E-state index in [0.717, 1.165) is 10.2 Å². The van der Waals surface area contributed by atoms with Crippen molar-refractivity contribution in [3.05, 3.63) is 105 Å². The number of benzene rings is 2. The molecule has 2 aromatic heterocycles. The molecular weight excluding hydrogens is 463 g/mol. The van der Waals surface area contributed by atoms with Crippen molar-refractivity contribution in [2.24, 2.45) is 0 Å². The van der Waals surface area contributed by atoms with E-state index in [4.69, 9.17) is 21.1 Å². The van der Waals surface area contributed by atoms with Crippen LogP contribution in [0, 0.1) is 5.82 Å². The van der Waals surface area contributed by atoms with Crippen molar-refractivity contribution < 1.29 is 18.7 Å². The fourth-order valence-electron chi connectivity index (χ4n) is 3.09. The van der Waals surface area contributed by atoms with Crippen molar-refractivity contribution in [1.82, 2.24) is 14.8 Å². The Hall–Kier alpha value is -4.24. The van der Waals surface area contributed by atoms with Crippen LogP contribution in [0.3, 0.4) is 0 Å². The zero-order chi connectivity index (χ0) is 24.1. The first-order valence-electron chi connectivity index (χ1n) is 10.0. The summed E-state index contributed by atoms with van der Waals surface area (Å²) in [6, 6.07) is 15.6. The Morgan fingerprint density at radius 3 is 2.68 bits per heavy atom. The standard InChI is InChI=1S/C24H18ClFN4O4/c1-33-24(32)18-7-2-3-8-20(18)30-23(31)22(25)19(14-29-30)27-12-15-9-10-21(28-13-15)34-17-6-4-5-16(26)11-17/h2-11,13-14,27H,12H2,1H3. The maximum Gasteiger partial charge on any atom is 0.340 e. The predicted octanol–water partition coefficient (Wildman–Crippen LogP) is 4.61. The summed E-state index contributed by atoms with van der Waals surface area (Å²) in [5, 5.41) is 7.11. The number of rotatable bonds is 7. The van der Waals surface area contributed by atoms with Gasteiger partial charge >= 0.3 is 5.97 Å². The summed E-state index contributed by atoms with van der Waals surface area (Å²) >= 11 is 6.29. The highest BCUT2D eigenvalue weighted by atomic mass is 35.5. The molecule has 0 aliphatic rings. The minimum Gasteiger partial charge on any atom is -0.465 e. The highest BCUT2D eigenvalue weighted by Gasteiger charge is 2.17. The van der Waals surface area contributed by atoms with Gasteiger partial charge in [-0.2, -0.15) is 9.78 Å². The number of nitrogens with one attached hydrogen (secondary N) is 1. The molecule has 0 aliphatic carbocycles. The fraction of sp³-hybridized carbons (Fsp3) is 0.0833. The molecule has 4 aromatic rings. The van der Waals surface area contributed by atoms with Crippen LogP contribution in [0.25, 0.3) is 5.69 Å². The van der Waals surface area contributed by atoms with E-state index in [1.807, 2.05) is 0 Å². The van der Waals surface area contributed by atoms with Crippen molar-refractivity contribution in [3.63, 3.8) is 0 Å². The summed E-state index contributed by atoms with van der Waals surface area (Å²) in [6.45, 7) is 0.302. The van der Waals surface area contributed by atoms with E-state index in [2.05, 4.69) is 15.4 Å². The molecule has 10 heteroatoms. The van der Waals surface area contributed by atoms with Gasteiger partial charge in [-0.05, 0) is 29.8 Å². The molecule has 0 spiro atoms. The van der Waals surface area contributed by atoms with E-state index in [1.165, 1.54) is 31.5 Å². The third kappa shape index (κ3) is 5.05. The third-order valence-electron chi connectivity index (χ3n) is 4.76. The summed E-state index contributed by atoms with van der Waals surface area (Å²) in [6.07, 6.45) is 2.98. The SMILES string of the molecule is COC(=O)c1ccccc1-n1ncc(NCc2ccc(Oc3cccc(F)c3)nc2)c(Cl)c1=O. The number of anilines is 1. The number of aromatic nitrogens is 3. The van der Waals surface area contributed by atoms with E-state index in [1.54, 1.807) is 48.7 Å². The summed E-state index contributed by atoms with van der Waals surface area (Å²) in [5.41, 5.74) is 0.940. The number of ether oxygens (including phenoxy) is 2. The first-order valence-corrected chi connectivity index (χ1v) is 10.4. The normalized spacial score (nSPS) is 10.6. The molecule has 0 saturated heterocycles. The van der Waals surface area contributed by atoms with Crippen LogP contribution in [0.2, 0.25) is 5.02 Å². The molecule has 0 unspecified atom stereocenters. The van der Waals surface area contributed by atoms with E-state index in [-0.39, 0.29) is 16.3 Å². The number of para-hydroxylation sites is 1. The number of esters is 1. The van der Waals surface area contributed by atoms with Gasteiger partial charge in [-0.25, -0.2) is 14.2 Å². The maximum absolute atomic E-state index is 13.3. The van der Waals surface area contributed by atoms with Gasteiger partial charge in [0, 0.05) is 24.9 Å². The monoisotopic (exact) mass is 480 g/mol. The van der Waals surface area contributed by atoms with Crippen molar-refractivity contribution in [2.75, 3.05) is 12.4 Å². The van der Waals surface area contributed by atoms with Crippen LogP contribution in [-0.4, -0.2) is 27.8 Å². The Labute approximate surface area is 198 Å². The van der Waals surface area contributed by atoms with Crippen molar-refractivity contribution in [1.29, 1.82) is 0 Å². The van der Waals surface area contributed by atoms with E-state index >= 15 is 0 Å². The van der Waals surface area contributed by atoms with Crippen LogP contribution >= 0.6 is 11.6 Å². The van der Waals surface area contributed by atoms with Crippen LogP contribution in [0.4, 0.5) is 10.1 Å². The molecule has 2 heterocycles. The Morgan fingerprint density at radius 2 is 1.94 bits per heavy atom. The van der Waals surface area contributed by atoms with Gasteiger partial charge in [0.15, 0.2) is 0 Å². The molecule has 0 atom stereocenters. The Balaban J connectivity index is 1.48. The summed E-state index contributed by atoms with van der Waals surface area (Å²) in [4.78, 5) is 29.1. The van der Waals surface area contributed by atoms with Gasteiger partial charge in [-0.1, -0.05) is 35.9 Å². The topological polar surface area (TPSA) is 95.3 Å². The van der Waals surface area contributed by atoms with Gasteiger partial charge in [0.25, 0.3) is 5.56 Å². The van der Waals surface area contributed by atoms with Crippen LogP contribution in [0.15, 0.2) is 77.9 Å². The van der Waals surface area contributed by atoms with Crippen LogP contribution in [0.5, 0.6) is 11.6 Å². The molecule has 0 bridgehead atoms. The van der Waals surface area contributed by atoms with Gasteiger partial charge in [-0.15, -0.1) is 0 Å². The van der Waals surface area contributed by atoms with Gasteiger partial charge in [-0.3, -0.25) is 4.79 Å². The average molecular weight is 481 g/mol. The summed E-state index contributed by atoms with van der Waals surface area (Å²) in [7, 11) is 1.25. The Bertz CT molecular complexity index is 1390. The number of methoxy groups -OCH3 is 1. The largest absolute Gasteiger partial charge is 0.465 e. The second kappa shape index (κ2) is 10.1. The second-order valence-corrected chi connectivity index (χ2v) is 7.39. The van der Waals surface area contributed by atoms with Gasteiger partial charge in [0.1, 0.15) is 16.6 Å². The van der Waals surface area contributed by atoms with Gasteiger partial charge in [0.05, 0.1) is 30.2 Å². The first-order chi connectivity index (χ1) is 16.5. The number of hydrogen-bond acceptors (Lipinski definition) is 7. The molecule has 0 aliphatic heterocycles. The molecule has 4 rings (SSSR count). The minimum absolute atomic E-state index is 0.0892. The summed E-state index contributed by atoms with van der Waals surface area (Å²) < 4.78 is 24.6. The quantitative estimate of drug-likeness (QED) is 0.386. The van der Waals surface area contributed by atoms with Crippen molar-refractivity contribution >= 4 is 23.3 Å². The maximum atomic E-state index is 13.3. The summed E-state index contributed by atoms with van der Waals surface area (Å²) in [5.74, 6) is -0.356. The van der Waals surface area contributed by atoms with E-state index in [9.17, 15) is 14.0 Å². The third-order valence-corrected chi connectivity index (χ3v) is 5.12. The highest BCUT2D eigenvalue weighted by Crippen LogP contribution is 2.22. The van der Waals surface area contributed by atoms with Crippen LogP contribution in [0.1, 0.15) is 15.9 Å². The zero-order valence-electron chi connectivity index (χ0n) is 17.9. The lowest BCUT2D eigenvalue weighted by Gasteiger charge is -2.12. The Kier molecular flexibility index (Phi) is 6.84. The second-order valence-electron chi connectivity index (χ2n) is 7.02. The Morgan fingerprint density at radius 1 is 1.12 bits per heavy atom. The minimum atomic E-state index is -0.597. The molecule has 34 heavy (non-hydrogen) atoms. The van der Waals surface area contributed by atoms with Crippen LogP contribution in [-0.2, 0) is 11.3 Å². The number of carbonyl (C=O) groups excluding carboxylic acids is 1. The van der Waals surface area contributed by atoms with Gasteiger partial charge in [0.2, 0.25) is 5.88 Å². The molecule has 0 fully saturated rings. The smallest absolute Gasteiger partial charge is 0.340 e. The lowest BCUT2D eigenvalue weighted by molar-refractivity contribution is 0.0600. The number of hydrogen-bond donors (Lipinski definition) is 1. The zero-order valence-corrected chi connectivity index (χ0v) is 18.6. The number of carbonyl (C=O) groups is 1. The van der Waals surface area contributed by atoms with Crippen molar-refractivity contribution in [2.45, 2.75) is 6.54 Å². The van der Waals surface area contributed by atoms with Crippen LogP contribution < -0.4 is 15.6 Å². The lowest BCUT2D eigenvalue weighted by Crippen LogP contribution is -2.24. The average Bonchev–Trinajstić information content (AvgIpc) is 2.85. The van der Waals surface area contributed by atoms with Gasteiger partial charge < -0.3 is 14.8 Å². The van der Waals surface area contributed by atoms with E-state index in [0.29, 0.717) is 23.9 Å². The molecule has 172 valence electrons. The first kappa shape index (κ1) is 22.9. The number of pyridine rings is 1. The molecular formula is C24H18ClFN4O4. The fourth-order valence-corrected chi connectivity index (χ4v) is 3.29. The molecule has 8 nitrogen and oxygen atoms in total. The van der Waals surface area contributed by atoms with E-state index < -0.39 is 17.3 Å². The lowest BCUT2D eigenvalue weighted by atomic mass is 10.2. The molecule has 0 saturated carbocycles. The molecule has 0 radical (unpaired) electrons. The number of nitrogens with zero attached hydrogens (tertiary/aromatic N) is 3. The number of halogens is 2. The molecule has 2 aromatic carbocycles.